The fraction of sp³-hybridized carbons (Fsp3) is 0.500. The summed E-state index contributed by atoms with van der Waals surface area (Å²) in [5, 5.41) is 9.69. The van der Waals surface area contributed by atoms with E-state index in [9.17, 15) is 14.7 Å². The summed E-state index contributed by atoms with van der Waals surface area (Å²) >= 11 is 0. The molecule has 142 valence electrons. The van der Waals surface area contributed by atoms with Crippen LogP contribution in [0.5, 0.6) is 5.75 Å². The Balaban J connectivity index is 1.79. The number of carbonyl (C=O) groups is 2. The quantitative estimate of drug-likeness (QED) is 0.870. The minimum atomic E-state index is -0.437. The molecule has 1 amide bonds. The lowest BCUT2D eigenvalue weighted by Gasteiger charge is -2.38. The average molecular weight is 366 g/mol. The maximum Gasteiger partial charge on any atom is 0.232 e. The highest BCUT2D eigenvalue weighted by Gasteiger charge is 2.43. The summed E-state index contributed by atoms with van der Waals surface area (Å²) in [4.78, 5) is 33.0. The van der Waals surface area contributed by atoms with Crippen LogP contribution in [0.25, 0.3) is 0 Å². The highest BCUT2D eigenvalue weighted by Crippen LogP contribution is 2.44. The zero-order chi connectivity index (χ0) is 19.0. The second-order valence-corrected chi connectivity index (χ2v) is 7.82. The van der Waals surface area contributed by atoms with Crippen LogP contribution in [0.3, 0.4) is 0 Å². The zero-order valence-electron chi connectivity index (χ0n) is 15.8. The Hall–Kier alpha value is -2.43. The Morgan fingerprint density at radius 2 is 1.78 bits per heavy atom. The SMILES string of the molecule is CC1=NC2=C(C(=O)CCC2)[C@H](c2ccc(O)cc2)C1C(=O)N1CCCCC1. The molecular formula is C22H26N2O3. The van der Waals surface area contributed by atoms with Gasteiger partial charge in [0.05, 0.1) is 5.92 Å². The first-order valence-electron chi connectivity index (χ1n) is 9.95. The Kier molecular flexibility index (Phi) is 4.85. The highest BCUT2D eigenvalue weighted by atomic mass is 16.3. The molecule has 0 aromatic heterocycles. The van der Waals surface area contributed by atoms with Crippen molar-refractivity contribution in [1.29, 1.82) is 0 Å². The molecule has 1 aromatic rings. The molecule has 3 aliphatic rings. The molecule has 0 radical (unpaired) electrons. The van der Waals surface area contributed by atoms with Crippen molar-refractivity contribution in [3.05, 3.63) is 41.1 Å². The van der Waals surface area contributed by atoms with Crippen LogP contribution in [-0.4, -0.2) is 40.5 Å². The second kappa shape index (κ2) is 7.29. The molecule has 1 aliphatic carbocycles. The molecule has 0 bridgehead atoms. The third-order valence-electron chi connectivity index (χ3n) is 6.02. The minimum absolute atomic E-state index is 0.0824. The van der Waals surface area contributed by atoms with Crippen LogP contribution in [-0.2, 0) is 9.59 Å². The van der Waals surface area contributed by atoms with Crippen LogP contribution in [0.4, 0.5) is 0 Å². The summed E-state index contributed by atoms with van der Waals surface area (Å²) in [7, 11) is 0. The van der Waals surface area contributed by atoms with E-state index in [2.05, 4.69) is 0 Å². The standard InChI is InChI=1S/C22H26N2O3/c1-14-19(22(27)24-12-3-2-4-13-24)20(15-8-10-16(25)11-9-15)21-17(23-14)6-5-7-18(21)26/h8-11,19-20,25H,2-7,12-13H2,1H3/t19?,20-/m1/s1. The fourth-order valence-electron chi connectivity index (χ4n) is 4.68. The van der Waals surface area contributed by atoms with Gasteiger partial charge in [-0.05, 0) is 56.7 Å². The zero-order valence-corrected chi connectivity index (χ0v) is 15.8. The lowest BCUT2D eigenvalue weighted by molar-refractivity contribution is -0.134. The molecule has 0 saturated carbocycles. The van der Waals surface area contributed by atoms with E-state index in [-0.39, 0.29) is 23.4 Å². The lowest BCUT2D eigenvalue weighted by Crippen LogP contribution is -2.46. The number of likely N-dealkylation sites (tertiary alicyclic amines) is 1. The number of aliphatic imine (C=N–C) groups is 1. The number of ketones is 1. The van der Waals surface area contributed by atoms with Crippen LogP contribution >= 0.6 is 0 Å². The van der Waals surface area contributed by atoms with Gasteiger partial charge in [0.1, 0.15) is 5.75 Å². The fourth-order valence-corrected chi connectivity index (χ4v) is 4.68. The number of rotatable bonds is 2. The van der Waals surface area contributed by atoms with Crippen molar-refractivity contribution in [3.8, 4) is 5.75 Å². The molecular weight excluding hydrogens is 340 g/mol. The van der Waals surface area contributed by atoms with Gasteiger partial charge in [-0.2, -0.15) is 0 Å². The van der Waals surface area contributed by atoms with Crippen molar-refractivity contribution in [3.63, 3.8) is 0 Å². The summed E-state index contributed by atoms with van der Waals surface area (Å²) in [5.74, 6) is -0.363. The van der Waals surface area contributed by atoms with E-state index in [1.807, 2.05) is 24.0 Å². The second-order valence-electron chi connectivity index (χ2n) is 7.82. The number of hydrogen-bond acceptors (Lipinski definition) is 4. The number of amides is 1. The van der Waals surface area contributed by atoms with Crippen molar-refractivity contribution in [2.75, 3.05) is 13.1 Å². The van der Waals surface area contributed by atoms with Crippen LogP contribution in [0.1, 0.15) is 56.9 Å². The average Bonchev–Trinajstić information content (AvgIpc) is 2.68. The van der Waals surface area contributed by atoms with E-state index in [0.717, 1.165) is 62.2 Å². The van der Waals surface area contributed by atoms with Gasteiger partial charge >= 0.3 is 0 Å². The van der Waals surface area contributed by atoms with E-state index >= 15 is 0 Å². The summed E-state index contributed by atoms with van der Waals surface area (Å²) in [6.45, 7) is 3.48. The number of nitrogens with zero attached hydrogens (tertiary/aromatic N) is 2. The first-order chi connectivity index (χ1) is 13.1. The molecule has 1 fully saturated rings. The normalized spacial score (nSPS) is 25.9. The summed E-state index contributed by atoms with van der Waals surface area (Å²) in [6.07, 6.45) is 5.36. The van der Waals surface area contributed by atoms with Crippen molar-refractivity contribution in [2.24, 2.45) is 10.9 Å². The van der Waals surface area contributed by atoms with Gasteiger partial charge in [0.15, 0.2) is 5.78 Å². The van der Waals surface area contributed by atoms with Gasteiger partial charge in [-0.3, -0.25) is 14.6 Å². The van der Waals surface area contributed by atoms with Crippen molar-refractivity contribution in [1.82, 2.24) is 4.90 Å². The number of aromatic hydroxyl groups is 1. The Morgan fingerprint density at radius 1 is 1.07 bits per heavy atom. The minimum Gasteiger partial charge on any atom is -0.508 e. The molecule has 2 aliphatic heterocycles. The van der Waals surface area contributed by atoms with Crippen molar-refractivity contribution < 1.29 is 14.7 Å². The van der Waals surface area contributed by atoms with Crippen LogP contribution in [0.2, 0.25) is 0 Å². The number of hydrogen-bond donors (Lipinski definition) is 1. The third kappa shape index (κ3) is 3.31. The van der Waals surface area contributed by atoms with E-state index in [4.69, 9.17) is 4.99 Å². The molecule has 1 aromatic carbocycles. The number of allylic oxidation sites excluding steroid dienone is 2. The molecule has 2 heterocycles. The van der Waals surface area contributed by atoms with E-state index in [0.29, 0.717) is 12.0 Å². The van der Waals surface area contributed by atoms with E-state index in [1.54, 1.807) is 12.1 Å². The van der Waals surface area contributed by atoms with Crippen molar-refractivity contribution in [2.45, 2.75) is 51.4 Å². The number of Topliss-reactive ketones (excluding diaryl/α,β-unsaturated/α-hetero) is 1. The predicted octanol–water partition coefficient (Wildman–Crippen LogP) is 3.59. The Bertz CT molecular complexity index is 816. The Labute approximate surface area is 159 Å². The molecule has 2 atom stereocenters. The number of phenols is 1. The largest absolute Gasteiger partial charge is 0.508 e. The molecule has 27 heavy (non-hydrogen) atoms. The number of phenolic OH excluding ortho intramolecular Hbond substituents is 1. The monoisotopic (exact) mass is 366 g/mol. The smallest absolute Gasteiger partial charge is 0.232 e. The van der Waals surface area contributed by atoms with Gasteiger partial charge in [0, 0.05) is 42.4 Å². The van der Waals surface area contributed by atoms with Gasteiger partial charge in [-0.15, -0.1) is 0 Å². The molecule has 1 unspecified atom stereocenters. The molecule has 1 N–H and O–H groups in total. The molecule has 0 spiro atoms. The van der Waals surface area contributed by atoms with Crippen LogP contribution < -0.4 is 0 Å². The van der Waals surface area contributed by atoms with E-state index < -0.39 is 5.92 Å². The lowest BCUT2D eigenvalue weighted by atomic mass is 9.71. The van der Waals surface area contributed by atoms with Crippen LogP contribution in [0.15, 0.2) is 40.5 Å². The number of piperidine rings is 1. The number of benzene rings is 1. The van der Waals surface area contributed by atoms with Gasteiger partial charge < -0.3 is 10.0 Å². The van der Waals surface area contributed by atoms with Crippen molar-refractivity contribution >= 4 is 17.4 Å². The molecule has 5 nitrogen and oxygen atoms in total. The van der Waals surface area contributed by atoms with E-state index in [1.165, 1.54) is 0 Å². The summed E-state index contributed by atoms with van der Waals surface area (Å²) in [5.41, 5.74) is 3.27. The molecule has 4 rings (SSSR count). The van der Waals surface area contributed by atoms with Gasteiger partial charge in [0.2, 0.25) is 5.91 Å². The van der Waals surface area contributed by atoms with Gasteiger partial charge in [0.25, 0.3) is 0 Å². The first kappa shape index (κ1) is 18.0. The topological polar surface area (TPSA) is 70.0 Å². The summed E-state index contributed by atoms with van der Waals surface area (Å²) < 4.78 is 0. The highest BCUT2D eigenvalue weighted by molar-refractivity contribution is 6.10. The molecule has 5 heteroatoms. The summed E-state index contributed by atoms with van der Waals surface area (Å²) in [6, 6.07) is 6.93. The van der Waals surface area contributed by atoms with Gasteiger partial charge in [-0.1, -0.05) is 12.1 Å². The van der Waals surface area contributed by atoms with Crippen LogP contribution in [0, 0.1) is 5.92 Å². The first-order valence-corrected chi connectivity index (χ1v) is 9.95. The predicted molar refractivity (Wildman–Crippen MR) is 104 cm³/mol. The third-order valence-corrected chi connectivity index (χ3v) is 6.02. The van der Waals surface area contributed by atoms with Gasteiger partial charge in [-0.25, -0.2) is 0 Å². The maximum atomic E-state index is 13.5. The number of carbonyl (C=O) groups excluding carboxylic acids is 2. The molecule has 1 saturated heterocycles. The maximum absolute atomic E-state index is 13.5. The Morgan fingerprint density at radius 3 is 2.48 bits per heavy atom.